The highest BCUT2D eigenvalue weighted by molar-refractivity contribution is 5.78. The highest BCUT2D eigenvalue weighted by Gasteiger charge is 2.37. The first kappa shape index (κ1) is 22.2. The normalized spacial score (nSPS) is 15.7. The van der Waals surface area contributed by atoms with Crippen LogP contribution in [0, 0.1) is 5.92 Å². The van der Waals surface area contributed by atoms with Gasteiger partial charge in [0.25, 0.3) is 0 Å². The van der Waals surface area contributed by atoms with Crippen LogP contribution in [0.25, 0.3) is 0 Å². The second-order valence-electron chi connectivity index (χ2n) is 5.87. The van der Waals surface area contributed by atoms with Crippen LogP contribution in [0.15, 0.2) is 59.8 Å². The lowest BCUT2D eigenvalue weighted by atomic mass is 9.93. The number of alkyl halides is 3. The molecule has 0 aromatic rings. The van der Waals surface area contributed by atoms with E-state index in [2.05, 4.69) is 6.58 Å². The molecule has 4 heteroatoms. The first-order valence-electron chi connectivity index (χ1n) is 7.98. The van der Waals surface area contributed by atoms with Crippen molar-refractivity contribution in [1.82, 2.24) is 0 Å². The van der Waals surface area contributed by atoms with Crippen molar-refractivity contribution in [3.8, 4) is 0 Å². The molecule has 0 saturated heterocycles. The van der Waals surface area contributed by atoms with E-state index in [-0.39, 0.29) is 5.78 Å². The van der Waals surface area contributed by atoms with Gasteiger partial charge in [-0.25, -0.2) is 0 Å². The Morgan fingerprint density at radius 2 is 1.75 bits per heavy atom. The van der Waals surface area contributed by atoms with E-state index in [4.69, 9.17) is 0 Å². The largest absolute Gasteiger partial charge is 0.395 e. The lowest BCUT2D eigenvalue weighted by molar-refractivity contribution is -0.159. The zero-order valence-electron chi connectivity index (χ0n) is 14.9. The zero-order chi connectivity index (χ0) is 18.8. The van der Waals surface area contributed by atoms with E-state index in [0.29, 0.717) is 24.8 Å². The average molecular weight is 340 g/mol. The summed E-state index contributed by atoms with van der Waals surface area (Å²) < 4.78 is 38.9. The van der Waals surface area contributed by atoms with Crippen molar-refractivity contribution in [2.24, 2.45) is 5.92 Å². The summed E-state index contributed by atoms with van der Waals surface area (Å²) in [5.74, 6) is -1.40. The predicted molar refractivity (Wildman–Crippen MR) is 94.7 cm³/mol. The average Bonchev–Trinajstić information content (AvgIpc) is 2.47. The molecule has 0 heterocycles. The van der Waals surface area contributed by atoms with Crippen LogP contribution in [0.3, 0.4) is 0 Å². The van der Waals surface area contributed by atoms with E-state index >= 15 is 0 Å². The molecule has 0 aliphatic heterocycles. The summed E-state index contributed by atoms with van der Waals surface area (Å²) in [6.07, 6.45) is 7.06. The summed E-state index contributed by atoms with van der Waals surface area (Å²) >= 11 is 0. The molecule has 0 N–H and O–H groups in total. The molecule has 0 fully saturated rings. The van der Waals surface area contributed by atoms with Gasteiger partial charge in [0.1, 0.15) is 5.78 Å². The maximum absolute atomic E-state index is 13.0. The van der Waals surface area contributed by atoms with Gasteiger partial charge in [-0.2, -0.15) is 13.2 Å². The predicted octanol–water partition coefficient (Wildman–Crippen LogP) is 6.51. The number of ketones is 1. The Bertz CT molecular complexity index is 546. The second-order valence-corrected chi connectivity index (χ2v) is 5.87. The molecule has 0 aromatic carbocycles. The SMILES string of the molecule is C=C/C(=C\C=C(/C)CC(C)=O)CC/C(=C/C=C/C)C(C)C(F)(F)F. The van der Waals surface area contributed by atoms with E-state index in [1.54, 1.807) is 25.2 Å². The van der Waals surface area contributed by atoms with E-state index in [9.17, 15) is 18.0 Å². The number of hydrogen-bond acceptors (Lipinski definition) is 1. The van der Waals surface area contributed by atoms with Crippen molar-refractivity contribution in [2.45, 2.75) is 53.1 Å². The summed E-state index contributed by atoms with van der Waals surface area (Å²) in [6, 6.07) is 0. The third-order valence-corrected chi connectivity index (χ3v) is 3.62. The number of carbonyl (C=O) groups excluding carboxylic acids is 1. The van der Waals surface area contributed by atoms with Gasteiger partial charge >= 0.3 is 6.18 Å². The van der Waals surface area contributed by atoms with E-state index < -0.39 is 12.1 Å². The molecule has 0 radical (unpaired) electrons. The molecule has 0 aliphatic rings. The first-order chi connectivity index (χ1) is 11.1. The number of Topliss-reactive ketones (excluding diaryl/α,β-unsaturated/α-hetero) is 1. The van der Waals surface area contributed by atoms with Crippen LogP contribution in [0.4, 0.5) is 13.2 Å². The van der Waals surface area contributed by atoms with E-state index in [1.807, 2.05) is 19.1 Å². The summed E-state index contributed by atoms with van der Waals surface area (Å²) in [7, 11) is 0. The molecule has 0 saturated carbocycles. The maximum atomic E-state index is 13.0. The van der Waals surface area contributed by atoms with Crippen LogP contribution < -0.4 is 0 Å². The zero-order valence-corrected chi connectivity index (χ0v) is 14.9. The van der Waals surface area contributed by atoms with Crippen molar-refractivity contribution in [3.63, 3.8) is 0 Å². The van der Waals surface area contributed by atoms with Crippen LogP contribution in [0.5, 0.6) is 0 Å². The van der Waals surface area contributed by atoms with E-state index in [1.165, 1.54) is 19.9 Å². The van der Waals surface area contributed by atoms with Gasteiger partial charge < -0.3 is 0 Å². The molecular weight excluding hydrogens is 313 g/mol. The number of halogens is 3. The Hall–Kier alpha value is -1.84. The number of rotatable bonds is 9. The second kappa shape index (κ2) is 10.8. The highest BCUT2D eigenvalue weighted by Crippen LogP contribution is 2.34. The van der Waals surface area contributed by atoms with Gasteiger partial charge in [0.2, 0.25) is 0 Å². The molecule has 0 aromatic heterocycles. The molecule has 1 nitrogen and oxygen atoms in total. The van der Waals surface area contributed by atoms with Crippen molar-refractivity contribution in [2.75, 3.05) is 0 Å². The molecular formula is C20H27F3O. The molecule has 1 unspecified atom stereocenters. The van der Waals surface area contributed by atoms with Crippen LogP contribution in [-0.4, -0.2) is 12.0 Å². The Balaban J connectivity index is 5.11. The van der Waals surface area contributed by atoms with Crippen molar-refractivity contribution in [1.29, 1.82) is 0 Å². The molecule has 0 amide bonds. The summed E-state index contributed by atoms with van der Waals surface area (Å²) in [4.78, 5) is 11.1. The van der Waals surface area contributed by atoms with Crippen molar-refractivity contribution < 1.29 is 18.0 Å². The summed E-state index contributed by atoms with van der Waals surface area (Å²) in [6.45, 7) is 10.0. The fourth-order valence-corrected chi connectivity index (χ4v) is 2.12. The Labute approximate surface area is 143 Å². The number of allylic oxidation sites excluding steroid dienone is 9. The molecule has 0 bridgehead atoms. The maximum Gasteiger partial charge on any atom is 0.395 e. The van der Waals surface area contributed by atoms with Gasteiger partial charge in [-0.05, 0) is 46.1 Å². The number of carbonyl (C=O) groups is 1. The Morgan fingerprint density at radius 3 is 2.21 bits per heavy atom. The smallest absolute Gasteiger partial charge is 0.300 e. The van der Waals surface area contributed by atoms with Gasteiger partial charge in [-0.3, -0.25) is 4.79 Å². The fourth-order valence-electron chi connectivity index (χ4n) is 2.12. The third-order valence-electron chi connectivity index (χ3n) is 3.62. The molecule has 0 aliphatic carbocycles. The van der Waals surface area contributed by atoms with Crippen LogP contribution in [-0.2, 0) is 4.79 Å². The minimum atomic E-state index is -4.25. The molecule has 1 atom stereocenters. The Morgan fingerprint density at radius 1 is 1.12 bits per heavy atom. The van der Waals surface area contributed by atoms with Crippen LogP contribution >= 0.6 is 0 Å². The molecule has 24 heavy (non-hydrogen) atoms. The van der Waals surface area contributed by atoms with Gasteiger partial charge in [0.05, 0.1) is 5.92 Å². The first-order valence-corrected chi connectivity index (χ1v) is 7.98. The van der Waals surface area contributed by atoms with Crippen LogP contribution in [0.2, 0.25) is 0 Å². The van der Waals surface area contributed by atoms with Gasteiger partial charge in [-0.15, -0.1) is 0 Å². The third kappa shape index (κ3) is 9.33. The van der Waals surface area contributed by atoms with Gasteiger partial charge in [-0.1, -0.05) is 54.2 Å². The molecule has 0 spiro atoms. The minimum Gasteiger partial charge on any atom is -0.300 e. The minimum absolute atomic E-state index is 0.0767. The lowest BCUT2D eigenvalue weighted by Crippen LogP contribution is -2.21. The topological polar surface area (TPSA) is 17.1 Å². The number of hydrogen-bond donors (Lipinski definition) is 0. The lowest BCUT2D eigenvalue weighted by Gasteiger charge is -2.19. The summed E-state index contributed by atoms with van der Waals surface area (Å²) in [5, 5.41) is 0. The fraction of sp³-hybridized carbons (Fsp3) is 0.450. The molecule has 0 rings (SSSR count). The summed E-state index contributed by atoms with van der Waals surface area (Å²) in [5.41, 5.74) is 2.10. The highest BCUT2D eigenvalue weighted by atomic mass is 19.4. The quantitative estimate of drug-likeness (QED) is 0.438. The Kier molecular flexibility index (Phi) is 10.0. The van der Waals surface area contributed by atoms with Gasteiger partial charge in [0.15, 0.2) is 0 Å². The van der Waals surface area contributed by atoms with Crippen molar-refractivity contribution in [3.05, 3.63) is 59.8 Å². The van der Waals surface area contributed by atoms with Crippen molar-refractivity contribution >= 4 is 5.78 Å². The molecule has 134 valence electrons. The van der Waals surface area contributed by atoms with Gasteiger partial charge in [0, 0.05) is 6.42 Å². The van der Waals surface area contributed by atoms with E-state index in [0.717, 1.165) is 11.1 Å². The standard InChI is InChI=1S/C20H27F3O/c1-6-8-9-19(17(5)20(21,22)23)13-12-18(7-2)11-10-15(3)14-16(4)24/h6-11,17H,2,12-14H2,1,3-5H3/b8-6+,15-10+,18-11+,19-9-. The monoisotopic (exact) mass is 340 g/mol. The van der Waals surface area contributed by atoms with Crippen LogP contribution in [0.1, 0.15) is 47.0 Å².